The minimum atomic E-state index is -0.211. The molecule has 0 saturated carbocycles. The minimum Gasteiger partial charge on any atom is -0.507 e. The van der Waals surface area contributed by atoms with Gasteiger partial charge in [-0.15, -0.1) is 0 Å². The van der Waals surface area contributed by atoms with Crippen LogP contribution in [0.1, 0.15) is 12.8 Å². The van der Waals surface area contributed by atoms with E-state index in [1.54, 1.807) is 26.4 Å². The second kappa shape index (κ2) is 12.9. The number of nitrogens with one attached hydrogen (secondary N) is 2. The maximum absolute atomic E-state index is 12.3. The number of amides is 2. The first-order chi connectivity index (χ1) is 18.1. The lowest BCUT2D eigenvalue weighted by Crippen LogP contribution is -2.46. The number of carbonyl (C=O) groups excluding carboxylic acids is 1. The lowest BCUT2D eigenvalue weighted by molar-refractivity contribution is 0.246. The van der Waals surface area contributed by atoms with E-state index in [2.05, 4.69) is 26.5 Å². The molecule has 2 amide bonds. The monoisotopic (exact) mass is 504 g/mol. The van der Waals surface area contributed by atoms with E-state index in [1.165, 1.54) is 0 Å². The topological polar surface area (TPSA) is 86.3 Å². The number of nitrogens with zero attached hydrogens (tertiary/aromatic N) is 2. The molecule has 0 unspecified atom stereocenters. The van der Waals surface area contributed by atoms with Gasteiger partial charge >= 0.3 is 6.03 Å². The molecular formula is C29H36N4O4. The molecule has 196 valence electrons. The summed E-state index contributed by atoms with van der Waals surface area (Å²) >= 11 is 0. The van der Waals surface area contributed by atoms with E-state index in [-0.39, 0.29) is 11.8 Å². The van der Waals surface area contributed by atoms with Crippen molar-refractivity contribution in [3.63, 3.8) is 0 Å². The molecule has 0 bridgehead atoms. The fraction of sp³-hybridized carbons (Fsp3) is 0.345. The molecule has 1 heterocycles. The summed E-state index contributed by atoms with van der Waals surface area (Å²) in [5.41, 5.74) is 3.47. The van der Waals surface area contributed by atoms with Crippen molar-refractivity contribution in [1.82, 2.24) is 10.2 Å². The van der Waals surface area contributed by atoms with E-state index in [1.807, 2.05) is 48.5 Å². The molecule has 4 rings (SSSR count). The molecule has 1 saturated heterocycles. The van der Waals surface area contributed by atoms with Crippen LogP contribution in [0.15, 0.2) is 66.7 Å². The Labute approximate surface area is 218 Å². The molecule has 37 heavy (non-hydrogen) atoms. The van der Waals surface area contributed by atoms with Crippen LogP contribution in [-0.2, 0) is 0 Å². The predicted molar refractivity (Wildman–Crippen MR) is 148 cm³/mol. The molecule has 8 nitrogen and oxygen atoms in total. The number of urea groups is 1. The number of phenolic OH excluding ortho intramolecular Hbond substituents is 1. The summed E-state index contributed by atoms with van der Waals surface area (Å²) in [7, 11) is 3.35. The van der Waals surface area contributed by atoms with Crippen molar-refractivity contribution in [2.45, 2.75) is 12.8 Å². The summed E-state index contributed by atoms with van der Waals surface area (Å²) in [4.78, 5) is 17.1. The van der Waals surface area contributed by atoms with Crippen molar-refractivity contribution in [3.05, 3.63) is 66.7 Å². The van der Waals surface area contributed by atoms with Crippen molar-refractivity contribution in [1.29, 1.82) is 0 Å². The van der Waals surface area contributed by atoms with Crippen LogP contribution in [0.3, 0.4) is 0 Å². The van der Waals surface area contributed by atoms with Crippen molar-refractivity contribution in [3.8, 4) is 28.4 Å². The molecule has 8 heteroatoms. The smallest absolute Gasteiger partial charge is 0.319 e. The zero-order valence-corrected chi connectivity index (χ0v) is 21.6. The van der Waals surface area contributed by atoms with Gasteiger partial charge in [-0.05, 0) is 55.3 Å². The predicted octanol–water partition coefficient (Wildman–Crippen LogP) is 4.80. The summed E-state index contributed by atoms with van der Waals surface area (Å²) in [6.45, 7) is 5.55. The van der Waals surface area contributed by atoms with Gasteiger partial charge in [0.15, 0.2) is 0 Å². The Balaban J connectivity index is 1.12. The summed E-state index contributed by atoms with van der Waals surface area (Å²) < 4.78 is 10.9. The van der Waals surface area contributed by atoms with E-state index in [9.17, 15) is 9.90 Å². The first kappa shape index (κ1) is 26.2. The van der Waals surface area contributed by atoms with Crippen LogP contribution in [0.5, 0.6) is 17.2 Å². The van der Waals surface area contributed by atoms with Crippen molar-refractivity contribution in [2.24, 2.45) is 0 Å². The number of rotatable bonds is 10. The standard InChI is InChI=1S/C29H36N4O4/c1-36-24-13-14-26(28(21-24)37-2)33-19-17-32(18-20-33)16-6-5-15-30-29(35)31-23-11-9-22(10-12-23)25-7-3-4-8-27(25)34/h3-4,7-14,21,34H,5-6,15-20H2,1-2H3,(H2,30,31,35). The molecule has 1 aliphatic heterocycles. The zero-order chi connectivity index (χ0) is 26.0. The van der Waals surface area contributed by atoms with Crippen LogP contribution in [0.2, 0.25) is 0 Å². The SMILES string of the molecule is COc1ccc(N2CCN(CCCCNC(=O)Nc3ccc(-c4ccccc4O)cc3)CC2)c(OC)c1. The molecule has 3 aromatic rings. The first-order valence-corrected chi connectivity index (χ1v) is 12.7. The normalized spacial score (nSPS) is 13.7. The van der Waals surface area contributed by atoms with Crippen molar-refractivity contribution in [2.75, 3.05) is 63.7 Å². The molecule has 1 fully saturated rings. The Bertz CT molecular complexity index is 1160. The van der Waals surface area contributed by atoms with Crippen molar-refractivity contribution >= 4 is 17.4 Å². The number of para-hydroxylation sites is 1. The summed E-state index contributed by atoms with van der Waals surface area (Å²) in [5.74, 6) is 1.87. The molecule has 3 aromatic carbocycles. The fourth-order valence-electron chi connectivity index (χ4n) is 4.55. The second-order valence-electron chi connectivity index (χ2n) is 9.05. The van der Waals surface area contributed by atoms with Gasteiger partial charge < -0.3 is 30.1 Å². The molecule has 0 aromatic heterocycles. The fourth-order valence-corrected chi connectivity index (χ4v) is 4.55. The molecule has 0 aliphatic carbocycles. The van der Waals surface area contributed by atoms with Gasteiger partial charge in [0.25, 0.3) is 0 Å². The quantitative estimate of drug-likeness (QED) is 0.344. The Morgan fingerprint density at radius 3 is 2.38 bits per heavy atom. The van der Waals surface area contributed by atoms with E-state index in [4.69, 9.17) is 9.47 Å². The summed E-state index contributed by atoms with van der Waals surface area (Å²) in [6.07, 6.45) is 1.95. The number of hydrogen-bond donors (Lipinski definition) is 3. The van der Waals surface area contributed by atoms with E-state index >= 15 is 0 Å². The number of methoxy groups -OCH3 is 2. The van der Waals surface area contributed by atoms with Gasteiger partial charge in [0.2, 0.25) is 0 Å². The number of piperazine rings is 1. The third kappa shape index (κ3) is 7.07. The molecule has 0 spiro atoms. The maximum atomic E-state index is 12.3. The third-order valence-electron chi connectivity index (χ3n) is 6.64. The second-order valence-corrected chi connectivity index (χ2v) is 9.05. The van der Waals surface area contributed by atoms with Crippen molar-refractivity contribution < 1.29 is 19.4 Å². The number of hydrogen-bond acceptors (Lipinski definition) is 6. The number of ether oxygens (including phenoxy) is 2. The van der Waals surface area contributed by atoms with Crippen LogP contribution in [-0.4, -0.2) is 69.5 Å². The highest BCUT2D eigenvalue weighted by molar-refractivity contribution is 5.89. The van der Waals surface area contributed by atoms with Gasteiger partial charge in [0.05, 0.1) is 19.9 Å². The van der Waals surface area contributed by atoms with E-state index in [0.717, 1.165) is 73.9 Å². The van der Waals surface area contributed by atoms with Crippen LogP contribution in [0, 0.1) is 0 Å². The van der Waals surface area contributed by atoms with E-state index in [0.29, 0.717) is 12.2 Å². The molecular weight excluding hydrogens is 468 g/mol. The molecule has 0 atom stereocenters. The van der Waals surface area contributed by atoms with Gasteiger partial charge in [0, 0.05) is 50.0 Å². The average Bonchev–Trinajstić information content (AvgIpc) is 2.93. The number of unbranched alkanes of at least 4 members (excludes halogenated alkanes) is 1. The number of benzene rings is 3. The number of aromatic hydroxyl groups is 1. The third-order valence-corrected chi connectivity index (χ3v) is 6.64. The zero-order valence-electron chi connectivity index (χ0n) is 21.6. The lowest BCUT2D eigenvalue weighted by atomic mass is 10.0. The molecule has 1 aliphatic rings. The Kier molecular flexibility index (Phi) is 9.10. The van der Waals surface area contributed by atoms with Gasteiger partial charge in [-0.3, -0.25) is 4.90 Å². The van der Waals surface area contributed by atoms with Crippen LogP contribution >= 0.6 is 0 Å². The van der Waals surface area contributed by atoms with Crippen LogP contribution in [0.25, 0.3) is 11.1 Å². The first-order valence-electron chi connectivity index (χ1n) is 12.7. The lowest BCUT2D eigenvalue weighted by Gasteiger charge is -2.36. The minimum absolute atomic E-state index is 0.211. The highest BCUT2D eigenvalue weighted by Crippen LogP contribution is 2.33. The Morgan fingerprint density at radius 2 is 1.68 bits per heavy atom. The van der Waals surface area contributed by atoms with Gasteiger partial charge in [0.1, 0.15) is 17.2 Å². The molecule has 3 N–H and O–H groups in total. The van der Waals surface area contributed by atoms with Crippen LogP contribution < -0.4 is 25.0 Å². The largest absolute Gasteiger partial charge is 0.507 e. The summed E-state index contributed by atoms with van der Waals surface area (Å²) in [6, 6.07) is 20.4. The van der Waals surface area contributed by atoms with E-state index < -0.39 is 0 Å². The van der Waals surface area contributed by atoms with Crippen LogP contribution in [0.4, 0.5) is 16.2 Å². The number of phenols is 1. The number of carbonyl (C=O) groups is 1. The van der Waals surface area contributed by atoms with Gasteiger partial charge in [-0.25, -0.2) is 4.79 Å². The number of anilines is 2. The van der Waals surface area contributed by atoms with Gasteiger partial charge in [-0.1, -0.05) is 30.3 Å². The highest BCUT2D eigenvalue weighted by atomic mass is 16.5. The maximum Gasteiger partial charge on any atom is 0.319 e. The Hall–Kier alpha value is -3.91. The highest BCUT2D eigenvalue weighted by Gasteiger charge is 2.19. The molecule has 0 radical (unpaired) electrons. The Morgan fingerprint density at radius 1 is 0.919 bits per heavy atom. The average molecular weight is 505 g/mol. The van der Waals surface area contributed by atoms with Gasteiger partial charge in [-0.2, -0.15) is 0 Å². The summed E-state index contributed by atoms with van der Waals surface area (Å²) in [5, 5.41) is 15.8.